The number of nitrogens with two attached hydrogens (primary N) is 1. The first-order chi connectivity index (χ1) is 9.65. The molecular weight excluding hydrogens is 252 g/mol. The highest BCUT2D eigenvalue weighted by molar-refractivity contribution is 5.77. The van der Waals surface area contributed by atoms with Crippen LogP contribution in [0.25, 0.3) is 0 Å². The Hall–Kier alpha value is -1.39. The van der Waals surface area contributed by atoms with Gasteiger partial charge in [0.25, 0.3) is 0 Å². The quantitative estimate of drug-likeness (QED) is 0.895. The zero-order chi connectivity index (χ0) is 14.5. The Balaban J connectivity index is 2.13. The molecule has 1 aromatic carbocycles. The predicted molar refractivity (Wildman–Crippen MR) is 79.3 cm³/mol. The zero-order valence-corrected chi connectivity index (χ0v) is 12.4. The van der Waals surface area contributed by atoms with Crippen LogP contribution in [0, 0.1) is 0 Å². The molecule has 0 fully saturated rings. The largest absolute Gasteiger partial charge is 0.375 e. The number of hydrogen-bond acceptors (Lipinski definition) is 3. The lowest BCUT2D eigenvalue weighted by atomic mass is 9.94. The summed E-state index contributed by atoms with van der Waals surface area (Å²) in [6, 6.07) is 6.56. The third-order valence-corrected chi connectivity index (χ3v) is 3.89. The average Bonchev–Trinajstić information content (AvgIpc) is 2.46. The highest BCUT2D eigenvalue weighted by atomic mass is 16.5. The summed E-state index contributed by atoms with van der Waals surface area (Å²) in [4.78, 5) is 13.8. The SMILES string of the molecule is CCCC(N)c1ccc2c(c1)CN(C(=O)COC)CC2. The van der Waals surface area contributed by atoms with E-state index in [9.17, 15) is 4.79 Å². The summed E-state index contributed by atoms with van der Waals surface area (Å²) >= 11 is 0. The molecule has 1 atom stereocenters. The number of benzene rings is 1. The maximum Gasteiger partial charge on any atom is 0.248 e. The average molecular weight is 276 g/mol. The van der Waals surface area contributed by atoms with E-state index in [1.165, 1.54) is 16.7 Å². The van der Waals surface area contributed by atoms with E-state index in [0.717, 1.165) is 25.8 Å². The van der Waals surface area contributed by atoms with E-state index >= 15 is 0 Å². The molecule has 1 amide bonds. The highest BCUT2D eigenvalue weighted by Crippen LogP contribution is 2.24. The van der Waals surface area contributed by atoms with Crippen molar-refractivity contribution in [1.82, 2.24) is 4.90 Å². The number of amides is 1. The van der Waals surface area contributed by atoms with Gasteiger partial charge in [-0.05, 0) is 29.5 Å². The fourth-order valence-electron chi connectivity index (χ4n) is 2.71. The van der Waals surface area contributed by atoms with Crippen LogP contribution in [0.4, 0.5) is 0 Å². The molecule has 0 spiro atoms. The molecular formula is C16H24N2O2. The molecule has 1 aliphatic rings. The summed E-state index contributed by atoms with van der Waals surface area (Å²) in [5.74, 6) is 0.0569. The number of fused-ring (bicyclic) bond motifs is 1. The zero-order valence-electron chi connectivity index (χ0n) is 12.4. The summed E-state index contributed by atoms with van der Waals surface area (Å²) in [7, 11) is 1.55. The van der Waals surface area contributed by atoms with Crippen molar-refractivity contribution in [2.75, 3.05) is 20.3 Å². The Bertz CT molecular complexity index is 474. The standard InChI is InChI=1S/C16H24N2O2/c1-3-4-15(17)13-6-5-12-7-8-18(10-14(12)9-13)16(19)11-20-2/h5-6,9,15H,3-4,7-8,10-11,17H2,1-2H3. The van der Waals surface area contributed by atoms with Crippen LogP contribution in [-0.4, -0.2) is 31.1 Å². The van der Waals surface area contributed by atoms with Crippen LogP contribution in [0.15, 0.2) is 18.2 Å². The third-order valence-electron chi connectivity index (χ3n) is 3.89. The molecule has 4 nitrogen and oxygen atoms in total. The number of rotatable bonds is 5. The van der Waals surface area contributed by atoms with Gasteiger partial charge >= 0.3 is 0 Å². The molecule has 0 aromatic heterocycles. The summed E-state index contributed by atoms with van der Waals surface area (Å²) in [6.45, 7) is 3.74. The third kappa shape index (κ3) is 3.38. The van der Waals surface area contributed by atoms with E-state index in [1.807, 2.05) is 4.90 Å². The molecule has 2 N–H and O–H groups in total. The van der Waals surface area contributed by atoms with Gasteiger partial charge in [-0.1, -0.05) is 31.5 Å². The van der Waals surface area contributed by atoms with Crippen molar-refractivity contribution in [3.8, 4) is 0 Å². The molecule has 0 radical (unpaired) electrons. The van der Waals surface area contributed by atoms with Gasteiger partial charge in [0.15, 0.2) is 0 Å². The van der Waals surface area contributed by atoms with E-state index in [2.05, 4.69) is 25.1 Å². The van der Waals surface area contributed by atoms with Crippen LogP contribution < -0.4 is 5.73 Å². The van der Waals surface area contributed by atoms with Gasteiger partial charge in [-0.3, -0.25) is 4.79 Å². The number of nitrogens with zero attached hydrogens (tertiary/aromatic N) is 1. The molecule has 1 unspecified atom stereocenters. The van der Waals surface area contributed by atoms with Crippen molar-refractivity contribution in [2.45, 2.75) is 38.8 Å². The minimum absolute atomic E-state index is 0.0569. The topological polar surface area (TPSA) is 55.6 Å². The summed E-state index contributed by atoms with van der Waals surface area (Å²) in [5, 5.41) is 0. The van der Waals surface area contributed by atoms with E-state index in [0.29, 0.717) is 6.54 Å². The van der Waals surface area contributed by atoms with E-state index in [4.69, 9.17) is 10.5 Å². The second kappa shape index (κ2) is 6.86. The first kappa shape index (κ1) is 15.0. The predicted octanol–water partition coefficient (Wildman–Crippen LogP) is 2.02. The summed E-state index contributed by atoms with van der Waals surface area (Å²) < 4.78 is 4.93. The van der Waals surface area contributed by atoms with Crippen molar-refractivity contribution in [3.05, 3.63) is 34.9 Å². The van der Waals surface area contributed by atoms with Gasteiger partial charge in [-0.25, -0.2) is 0 Å². The van der Waals surface area contributed by atoms with Crippen LogP contribution >= 0.6 is 0 Å². The Morgan fingerprint density at radius 3 is 2.95 bits per heavy atom. The monoisotopic (exact) mass is 276 g/mol. The number of methoxy groups -OCH3 is 1. The Labute approximate surface area is 120 Å². The Morgan fingerprint density at radius 2 is 2.25 bits per heavy atom. The lowest BCUT2D eigenvalue weighted by Crippen LogP contribution is -2.38. The van der Waals surface area contributed by atoms with E-state index < -0.39 is 0 Å². The first-order valence-electron chi connectivity index (χ1n) is 7.29. The van der Waals surface area contributed by atoms with Gasteiger partial charge in [-0.2, -0.15) is 0 Å². The van der Waals surface area contributed by atoms with Crippen LogP contribution in [0.1, 0.15) is 42.5 Å². The second-order valence-electron chi connectivity index (χ2n) is 5.42. The van der Waals surface area contributed by atoms with Gasteiger partial charge in [-0.15, -0.1) is 0 Å². The molecule has 4 heteroatoms. The molecule has 2 rings (SSSR count). The molecule has 1 aromatic rings. The molecule has 0 bridgehead atoms. The van der Waals surface area contributed by atoms with E-state index in [1.54, 1.807) is 7.11 Å². The number of carbonyl (C=O) groups is 1. The lowest BCUT2D eigenvalue weighted by Gasteiger charge is -2.29. The van der Waals surface area contributed by atoms with Crippen molar-refractivity contribution in [1.29, 1.82) is 0 Å². The molecule has 0 aliphatic carbocycles. The molecule has 0 saturated carbocycles. The van der Waals surface area contributed by atoms with Gasteiger partial charge < -0.3 is 15.4 Å². The number of hydrogen-bond donors (Lipinski definition) is 1. The maximum absolute atomic E-state index is 11.9. The summed E-state index contributed by atoms with van der Waals surface area (Å²) in [5.41, 5.74) is 9.91. The van der Waals surface area contributed by atoms with Gasteiger partial charge in [0.2, 0.25) is 5.91 Å². The minimum atomic E-state index is 0.0569. The van der Waals surface area contributed by atoms with Gasteiger partial charge in [0, 0.05) is 26.2 Å². The highest BCUT2D eigenvalue weighted by Gasteiger charge is 2.21. The van der Waals surface area contributed by atoms with Gasteiger partial charge in [0.1, 0.15) is 6.61 Å². The number of ether oxygens (including phenoxy) is 1. The Kier molecular flexibility index (Phi) is 5.15. The molecule has 110 valence electrons. The van der Waals surface area contributed by atoms with Crippen LogP contribution in [0.2, 0.25) is 0 Å². The van der Waals surface area contributed by atoms with Crippen molar-refractivity contribution in [2.24, 2.45) is 5.73 Å². The molecule has 20 heavy (non-hydrogen) atoms. The number of carbonyl (C=O) groups excluding carboxylic acids is 1. The van der Waals surface area contributed by atoms with Crippen LogP contribution in [-0.2, 0) is 22.5 Å². The first-order valence-corrected chi connectivity index (χ1v) is 7.29. The van der Waals surface area contributed by atoms with E-state index in [-0.39, 0.29) is 18.6 Å². The fraction of sp³-hybridized carbons (Fsp3) is 0.562. The van der Waals surface area contributed by atoms with Crippen LogP contribution in [0.5, 0.6) is 0 Å². The second-order valence-corrected chi connectivity index (χ2v) is 5.42. The van der Waals surface area contributed by atoms with Crippen LogP contribution in [0.3, 0.4) is 0 Å². The van der Waals surface area contributed by atoms with Gasteiger partial charge in [0.05, 0.1) is 0 Å². The van der Waals surface area contributed by atoms with Crippen molar-refractivity contribution >= 4 is 5.91 Å². The molecule has 1 aliphatic heterocycles. The lowest BCUT2D eigenvalue weighted by molar-refractivity contribution is -0.136. The molecule has 0 saturated heterocycles. The smallest absolute Gasteiger partial charge is 0.248 e. The fourth-order valence-corrected chi connectivity index (χ4v) is 2.71. The summed E-state index contributed by atoms with van der Waals surface area (Å²) in [6.07, 6.45) is 2.98. The normalized spacial score (nSPS) is 15.8. The molecule has 1 heterocycles. The van der Waals surface area contributed by atoms with Crippen molar-refractivity contribution in [3.63, 3.8) is 0 Å². The Morgan fingerprint density at radius 1 is 1.45 bits per heavy atom. The van der Waals surface area contributed by atoms with Crippen molar-refractivity contribution < 1.29 is 9.53 Å². The maximum atomic E-state index is 11.9. The minimum Gasteiger partial charge on any atom is -0.375 e.